The first-order chi connectivity index (χ1) is 21.1. The minimum Gasteiger partial charge on any atom is -0.261 e. The predicted molar refractivity (Wildman–Crippen MR) is 190 cm³/mol. The molecular formula is C42H41N. The van der Waals surface area contributed by atoms with Gasteiger partial charge in [0.05, 0.1) is 0 Å². The van der Waals surface area contributed by atoms with Crippen LogP contribution in [0.1, 0.15) is 44.0 Å². The molecular weight excluding hydrogens is 518 g/mol. The lowest BCUT2D eigenvalue weighted by Gasteiger charge is -2.08. The summed E-state index contributed by atoms with van der Waals surface area (Å²) in [5, 5.41) is 11.9. The van der Waals surface area contributed by atoms with Crippen molar-refractivity contribution in [2.75, 3.05) is 0 Å². The van der Waals surface area contributed by atoms with Gasteiger partial charge in [0, 0.05) is 17.3 Å². The van der Waals surface area contributed by atoms with Gasteiger partial charge >= 0.3 is 0 Å². The number of pyridine rings is 1. The molecule has 0 aliphatic carbocycles. The maximum Gasteiger partial charge on any atom is 0.0407 e. The van der Waals surface area contributed by atoms with E-state index in [2.05, 4.69) is 153 Å². The van der Waals surface area contributed by atoms with E-state index in [0.717, 1.165) is 12.1 Å². The highest BCUT2D eigenvalue weighted by Crippen LogP contribution is 2.27. The van der Waals surface area contributed by atoms with Crippen LogP contribution in [-0.4, -0.2) is 4.98 Å². The van der Waals surface area contributed by atoms with Crippen LogP contribution >= 0.6 is 0 Å². The van der Waals surface area contributed by atoms with E-state index in [1.54, 1.807) is 0 Å². The lowest BCUT2D eigenvalue weighted by molar-refractivity contribution is 0.924. The first-order valence-corrected chi connectivity index (χ1v) is 15.5. The van der Waals surface area contributed by atoms with Crippen LogP contribution in [-0.2, 0) is 12.8 Å². The third-order valence-electron chi connectivity index (χ3n) is 7.91. The fourth-order valence-corrected chi connectivity index (χ4v) is 5.58. The first kappa shape index (κ1) is 29.7. The first-order valence-electron chi connectivity index (χ1n) is 15.5. The van der Waals surface area contributed by atoms with Crippen molar-refractivity contribution >= 4 is 49.2 Å². The van der Waals surface area contributed by atoms with E-state index in [-0.39, 0.29) is 0 Å². The summed E-state index contributed by atoms with van der Waals surface area (Å²) < 4.78 is 0. The van der Waals surface area contributed by atoms with E-state index in [1.807, 2.05) is 19.2 Å². The van der Waals surface area contributed by atoms with Gasteiger partial charge in [-0.25, -0.2) is 0 Å². The van der Waals surface area contributed by atoms with Gasteiger partial charge in [0.1, 0.15) is 0 Å². The average Bonchev–Trinajstić information content (AvgIpc) is 3.06. The highest BCUT2D eigenvalue weighted by atomic mass is 14.7. The summed E-state index contributed by atoms with van der Waals surface area (Å²) in [6.45, 7) is 8.56. The number of fused-ring (bicyclic) bond motifs is 2. The molecule has 0 unspecified atom stereocenters. The summed E-state index contributed by atoms with van der Waals surface area (Å²) in [5.41, 5.74) is 3.95. The van der Waals surface area contributed by atoms with E-state index >= 15 is 0 Å². The van der Waals surface area contributed by atoms with Gasteiger partial charge in [-0.1, -0.05) is 148 Å². The Morgan fingerprint density at radius 2 is 1.33 bits per heavy atom. The summed E-state index contributed by atoms with van der Waals surface area (Å²) in [6.07, 6.45) is 11.7. The molecule has 0 N–H and O–H groups in total. The molecule has 0 radical (unpaired) electrons. The van der Waals surface area contributed by atoms with Crippen molar-refractivity contribution in [3.63, 3.8) is 0 Å². The van der Waals surface area contributed by atoms with E-state index < -0.39 is 0 Å². The van der Waals surface area contributed by atoms with Crippen LogP contribution in [0.25, 0.3) is 49.2 Å². The zero-order valence-electron chi connectivity index (χ0n) is 25.8. The van der Waals surface area contributed by atoms with Crippen molar-refractivity contribution in [2.24, 2.45) is 0 Å². The van der Waals surface area contributed by atoms with Gasteiger partial charge in [-0.05, 0) is 86.8 Å². The maximum atomic E-state index is 4.33. The van der Waals surface area contributed by atoms with E-state index in [0.29, 0.717) is 0 Å². The fourth-order valence-electron chi connectivity index (χ4n) is 5.58. The van der Waals surface area contributed by atoms with Gasteiger partial charge in [0.2, 0.25) is 0 Å². The number of hydrogen-bond donors (Lipinski definition) is 0. The van der Waals surface area contributed by atoms with Gasteiger partial charge in [-0.3, -0.25) is 4.98 Å². The van der Waals surface area contributed by atoms with Crippen molar-refractivity contribution in [1.82, 2.24) is 4.98 Å². The second kappa shape index (κ2) is 14.4. The van der Waals surface area contributed by atoms with Crippen LogP contribution in [0.3, 0.4) is 0 Å². The lowest BCUT2D eigenvalue weighted by Crippen LogP contribution is -2.01. The van der Waals surface area contributed by atoms with Crippen molar-refractivity contribution in [2.45, 2.75) is 47.0 Å². The molecule has 0 aliphatic heterocycles. The molecule has 43 heavy (non-hydrogen) atoms. The minimum atomic E-state index is 1.00. The molecule has 0 aliphatic rings. The minimum absolute atomic E-state index is 1.00. The predicted octanol–water partition coefficient (Wildman–Crippen LogP) is 11.0. The molecule has 7 rings (SSSR count). The highest BCUT2D eigenvalue weighted by Gasteiger charge is 2.04. The molecule has 0 spiro atoms. The van der Waals surface area contributed by atoms with Crippen LogP contribution < -0.4 is 5.22 Å². The van der Waals surface area contributed by atoms with Gasteiger partial charge in [0.25, 0.3) is 0 Å². The molecule has 0 saturated heterocycles. The molecule has 0 fully saturated rings. The number of nitrogens with zero attached hydrogens (tertiary/aromatic N) is 1. The van der Waals surface area contributed by atoms with E-state index in [4.69, 9.17) is 0 Å². The Morgan fingerprint density at radius 3 is 2.07 bits per heavy atom. The number of aromatic nitrogens is 1. The Balaban J connectivity index is 0.000000132. The van der Waals surface area contributed by atoms with Gasteiger partial charge < -0.3 is 0 Å². The number of rotatable bonds is 4. The lowest BCUT2D eigenvalue weighted by atomic mass is 9.96. The Labute approximate surface area is 256 Å². The molecule has 0 saturated carbocycles. The van der Waals surface area contributed by atoms with Gasteiger partial charge in [-0.2, -0.15) is 0 Å². The summed E-state index contributed by atoms with van der Waals surface area (Å²) in [6, 6.07) is 41.1. The normalized spacial score (nSPS) is 11.6. The second-order valence-corrected chi connectivity index (χ2v) is 11.0. The highest BCUT2D eigenvalue weighted by molar-refractivity contribution is 6.11. The third-order valence-corrected chi connectivity index (χ3v) is 7.91. The van der Waals surface area contributed by atoms with Crippen LogP contribution in [0.2, 0.25) is 0 Å². The molecule has 214 valence electrons. The molecule has 0 bridgehead atoms. The van der Waals surface area contributed by atoms with Crippen molar-refractivity contribution < 1.29 is 0 Å². The van der Waals surface area contributed by atoms with E-state index in [9.17, 15) is 0 Å². The number of aryl methyl sites for hydroxylation is 3. The number of allylic oxidation sites excluding steroid dienone is 2. The molecule has 1 heterocycles. The molecule has 1 aromatic heterocycles. The zero-order chi connectivity index (χ0) is 30.0. The SMILES string of the molecule is C/C=C\C=c1\ccc2c(C)ccc3cccc1c32.CCCc1ccc2ccccc2c1.CCc1cc2ccccc2cn1. The Hall–Kier alpha value is -4.75. The van der Waals surface area contributed by atoms with Crippen LogP contribution in [0.4, 0.5) is 0 Å². The largest absolute Gasteiger partial charge is 0.261 e. The topological polar surface area (TPSA) is 12.9 Å². The standard InChI is InChI=1S/C18H16.C13H14.C11H11N/c1-3-4-6-14-11-12-16-13(2)9-10-15-7-5-8-17(14)18(15)16;1-2-5-11-8-9-12-6-3-4-7-13(12)10-11;1-2-11-7-9-5-3-4-6-10(9)8-12-11/h3-12H,1-2H3;3-4,6-10H,2,5H2,1H3;3-8H,2H2,1H3/b4-3-,14-6-;;. The Morgan fingerprint density at radius 1 is 0.628 bits per heavy atom. The maximum absolute atomic E-state index is 4.33. The number of benzene rings is 6. The average molecular weight is 560 g/mol. The van der Waals surface area contributed by atoms with Crippen molar-refractivity contribution in [1.29, 1.82) is 0 Å². The summed E-state index contributed by atoms with van der Waals surface area (Å²) in [7, 11) is 0. The van der Waals surface area contributed by atoms with Crippen molar-refractivity contribution in [3.8, 4) is 0 Å². The monoisotopic (exact) mass is 559 g/mol. The molecule has 1 nitrogen and oxygen atoms in total. The van der Waals surface area contributed by atoms with Crippen molar-refractivity contribution in [3.05, 3.63) is 156 Å². The fraction of sp³-hybridized carbons (Fsp3) is 0.167. The quantitative estimate of drug-likeness (QED) is 0.209. The third kappa shape index (κ3) is 7.19. The molecule has 0 atom stereocenters. The zero-order valence-corrected chi connectivity index (χ0v) is 25.8. The van der Waals surface area contributed by atoms with E-state index in [1.165, 1.54) is 72.3 Å². The summed E-state index contributed by atoms with van der Waals surface area (Å²) in [4.78, 5) is 4.33. The Kier molecular flexibility index (Phi) is 9.97. The summed E-state index contributed by atoms with van der Waals surface area (Å²) in [5.74, 6) is 0. The molecule has 6 aromatic carbocycles. The molecule has 1 heteroatoms. The van der Waals surface area contributed by atoms with Crippen LogP contribution in [0.5, 0.6) is 0 Å². The van der Waals surface area contributed by atoms with Gasteiger partial charge in [0.15, 0.2) is 0 Å². The molecule has 7 aromatic rings. The van der Waals surface area contributed by atoms with Gasteiger partial charge in [-0.15, -0.1) is 0 Å². The smallest absolute Gasteiger partial charge is 0.0407 e. The van der Waals surface area contributed by atoms with Crippen LogP contribution in [0.15, 0.2) is 134 Å². The molecule has 0 amide bonds. The van der Waals surface area contributed by atoms with Crippen LogP contribution in [0, 0.1) is 6.92 Å². The summed E-state index contributed by atoms with van der Waals surface area (Å²) >= 11 is 0. The second-order valence-electron chi connectivity index (χ2n) is 11.0. The number of hydrogen-bond acceptors (Lipinski definition) is 1. The Bertz CT molecular complexity index is 2050.